The largest absolute Gasteiger partial charge is 0.338 e. The van der Waals surface area contributed by atoms with Crippen LogP contribution in [0.25, 0.3) is 10.2 Å². The smallest absolute Gasteiger partial charge is 0.321 e. The van der Waals surface area contributed by atoms with Gasteiger partial charge in [-0.25, -0.2) is 14.8 Å². The number of aryl methyl sites for hydroxylation is 1. The summed E-state index contributed by atoms with van der Waals surface area (Å²) in [6.07, 6.45) is 4.87. The van der Waals surface area contributed by atoms with Gasteiger partial charge in [-0.15, -0.1) is 11.3 Å². The van der Waals surface area contributed by atoms with E-state index in [-0.39, 0.29) is 11.7 Å². The Balaban J connectivity index is 1.75. The van der Waals surface area contributed by atoms with Crippen LogP contribution in [-0.2, 0) is 17.6 Å². The predicted molar refractivity (Wildman–Crippen MR) is 96.5 cm³/mol. The summed E-state index contributed by atoms with van der Waals surface area (Å²) >= 11 is 3.10. The molecule has 3 amide bonds. The molecule has 8 heteroatoms. The van der Waals surface area contributed by atoms with Crippen LogP contribution in [0.4, 0.5) is 4.79 Å². The summed E-state index contributed by atoms with van der Waals surface area (Å²) in [7, 11) is 0. The lowest BCUT2D eigenvalue weighted by Crippen LogP contribution is -2.40. The maximum absolute atomic E-state index is 11.9. The zero-order chi connectivity index (χ0) is 17.1. The second-order valence-corrected chi connectivity index (χ2v) is 7.95. The maximum Gasteiger partial charge on any atom is 0.321 e. The van der Waals surface area contributed by atoms with E-state index in [1.807, 2.05) is 0 Å². The normalized spacial score (nSPS) is 16.7. The summed E-state index contributed by atoms with van der Waals surface area (Å²) in [5.74, 6) is 0.539. The standard InChI is InChI=1S/C16H20N4O2S2/c1-3-17-16(22)20-12(21)7-23-14-13-10-5-4-9(2)6-11(10)24-15(13)19-8-18-14/h8-9H,3-7H2,1-2H3,(H2,17,20,21,22)/t9-/m1/s1. The van der Waals surface area contributed by atoms with Crippen LogP contribution in [0.15, 0.2) is 11.4 Å². The summed E-state index contributed by atoms with van der Waals surface area (Å²) in [6, 6.07) is -0.460. The van der Waals surface area contributed by atoms with E-state index in [0.29, 0.717) is 12.5 Å². The topological polar surface area (TPSA) is 84.0 Å². The third-order valence-corrected chi connectivity index (χ3v) is 6.14. The van der Waals surface area contributed by atoms with E-state index < -0.39 is 6.03 Å². The van der Waals surface area contributed by atoms with Crippen molar-refractivity contribution in [1.29, 1.82) is 0 Å². The van der Waals surface area contributed by atoms with Crippen molar-refractivity contribution in [3.8, 4) is 0 Å². The van der Waals surface area contributed by atoms with Gasteiger partial charge >= 0.3 is 6.03 Å². The fraction of sp³-hybridized carbons (Fsp3) is 0.500. The second kappa shape index (κ2) is 7.48. The van der Waals surface area contributed by atoms with E-state index in [1.54, 1.807) is 24.6 Å². The Kier molecular flexibility index (Phi) is 5.35. The van der Waals surface area contributed by atoms with Crippen molar-refractivity contribution >= 4 is 45.3 Å². The Morgan fingerprint density at radius 3 is 3.04 bits per heavy atom. The van der Waals surface area contributed by atoms with Crippen molar-refractivity contribution in [3.63, 3.8) is 0 Å². The van der Waals surface area contributed by atoms with Gasteiger partial charge in [0, 0.05) is 16.8 Å². The highest BCUT2D eigenvalue weighted by atomic mass is 32.2. The van der Waals surface area contributed by atoms with Crippen LogP contribution in [-0.4, -0.2) is 34.2 Å². The Hall–Kier alpha value is -1.67. The molecule has 1 atom stereocenters. The minimum Gasteiger partial charge on any atom is -0.338 e. The zero-order valence-electron chi connectivity index (χ0n) is 13.7. The second-order valence-electron chi connectivity index (χ2n) is 5.91. The summed E-state index contributed by atoms with van der Waals surface area (Å²) in [5, 5.41) is 6.78. The highest BCUT2D eigenvalue weighted by Gasteiger charge is 2.23. The molecule has 0 aliphatic heterocycles. The molecule has 2 aromatic rings. The first kappa shape index (κ1) is 17.2. The van der Waals surface area contributed by atoms with Crippen LogP contribution in [0.1, 0.15) is 30.7 Å². The molecule has 3 rings (SSSR count). The number of carbonyl (C=O) groups excluding carboxylic acids is 2. The molecule has 1 aliphatic carbocycles. The van der Waals surface area contributed by atoms with Gasteiger partial charge < -0.3 is 5.32 Å². The molecule has 0 radical (unpaired) electrons. The van der Waals surface area contributed by atoms with Crippen molar-refractivity contribution < 1.29 is 9.59 Å². The molecule has 0 aromatic carbocycles. The van der Waals surface area contributed by atoms with Gasteiger partial charge in [-0.1, -0.05) is 18.7 Å². The molecule has 0 bridgehead atoms. The van der Waals surface area contributed by atoms with Crippen LogP contribution >= 0.6 is 23.1 Å². The Labute approximate surface area is 148 Å². The molecule has 2 N–H and O–H groups in total. The predicted octanol–water partition coefficient (Wildman–Crippen LogP) is 2.75. The number of thiophene rings is 1. The molecular weight excluding hydrogens is 344 g/mol. The lowest BCUT2D eigenvalue weighted by molar-refractivity contribution is -0.117. The number of amides is 3. The Morgan fingerprint density at radius 1 is 1.42 bits per heavy atom. The summed E-state index contributed by atoms with van der Waals surface area (Å²) < 4.78 is 0. The number of carbonyl (C=O) groups is 2. The highest BCUT2D eigenvalue weighted by molar-refractivity contribution is 8.00. The fourth-order valence-corrected chi connectivity index (χ4v) is 5.10. The highest BCUT2D eigenvalue weighted by Crippen LogP contribution is 2.40. The van der Waals surface area contributed by atoms with Crippen LogP contribution in [0.2, 0.25) is 0 Å². The molecule has 128 valence electrons. The van der Waals surface area contributed by atoms with Gasteiger partial charge in [0.2, 0.25) is 5.91 Å². The summed E-state index contributed by atoms with van der Waals surface area (Å²) in [6.45, 7) is 4.57. The number of nitrogens with one attached hydrogen (secondary N) is 2. The molecule has 0 saturated carbocycles. The number of nitrogens with zero attached hydrogens (tertiary/aromatic N) is 2. The first-order valence-corrected chi connectivity index (χ1v) is 9.84. The minimum atomic E-state index is -0.460. The first-order chi connectivity index (χ1) is 11.6. The number of fused-ring (bicyclic) bond motifs is 3. The van der Waals surface area contributed by atoms with Gasteiger partial charge in [0.05, 0.1) is 5.75 Å². The molecule has 2 aromatic heterocycles. The lowest BCUT2D eigenvalue weighted by atomic mass is 9.89. The van der Waals surface area contributed by atoms with E-state index in [1.165, 1.54) is 28.6 Å². The molecule has 1 aliphatic rings. The number of imide groups is 1. The van der Waals surface area contributed by atoms with Gasteiger partial charge in [0.25, 0.3) is 0 Å². The van der Waals surface area contributed by atoms with Crippen molar-refractivity contribution in [2.45, 2.75) is 38.1 Å². The maximum atomic E-state index is 11.9. The SMILES string of the molecule is CCNC(=O)NC(=O)CSc1ncnc2sc3c(c12)CC[C@@H](C)C3. The van der Waals surface area contributed by atoms with Gasteiger partial charge in [0.1, 0.15) is 16.2 Å². The average molecular weight is 364 g/mol. The van der Waals surface area contributed by atoms with Crippen molar-refractivity contribution in [2.75, 3.05) is 12.3 Å². The molecule has 24 heavy (non-hydrogen) atoms. The number of hydrogen-bond acceptors (Lipinski definition) is 6. The average Bonchev–Trinajstić information content (AvgIpc) is 2.90. The monoisotopic (exact) mass is 364 g/mol. The van der Waals surface area contributed by atoms with Crippen LogP contribution in [0, 0.1) is 5.92 Å². The third kappa shape index (κ3) is 3.70. The van der Waals surface area contributed by atoms with E-state index in [9.17, 15) is 9.59 Å². The van der Waals surface area contributed by atoms with E-state index in [0.717, 1.165) is 28.1 Å². The van der Waals surface area contributed by atoms with Gasteiger partial charge in [-0.2, -0.15) is 0 Å². The fourth-order valence-electron chi connectivity index (χ4n) is 2.86. The molecule has 0 fully saturated rings. The van der Waals surface area contributed by atoms with Crippen molar-refractivity contribution in [1.82, 2.24) is 20.6 Å². The quantitative estimate of drug-likeness (QED) is 0.644. The van der Waals surface area contributed by atoms with Crippen LogP contribution < -0.4 is 10.6 Å². The lowest BCUT2D eigenvalue weighted by Gasteiger charge is -2.18. The molecular formula is C16H20N4O2S2. The molecule has 0 spiro atoms. The number of thioether (sulfide) groups is 1. The van der Waals surface area contributed by atoms with Crippen molar-refractivity contribution in [3.05, 3.63) is 16.8 Å². The van der Waals surface area contributed by atoms with E-state index in [4.69, 9.17) is 0 Å². The van der Waals surface area contributed by atoms with Crippen LogP contribution in [0.5, 0.6) is 0 Å². The van der Waals surface area contributed by atoms with E-state index in [2.05, 4.69) is 27.5 Å². The molecule has 6 nitrogen and oxygen atoms in total. The molecule has 0 saturated heterocycles. The number of rotatable bonds is 4. The molecule has 0 unspecified atom stereocenters. The summed E-state index contributed by atoms with van der Waals surface area (Å²) in [5.41, 5.74) is 1.35. The number of hydrogen-bond donors (Lipinski definition) is 2. The van der Waals surface area contributed by atoms with Gasteiger partial charge in [0.15, 0.2) is 0 Å². The van der Waals surface area contributed by atoms with Gasteiger partial charge in [-0.3, -0.25) is 10.1 Å². The van der Waals surface area contributed by atoms with Crippen LogP contribution in [0.3, 0.4) is 0 Å². The third-order valence-electron chi connectivity index (χ3n) is 3.99. The zero-order valence-corrected chi connectivity index (χ0v) is 15.4. The minimum absolute atomic E-state index is 0.157. The summed E-state index contributed by atoms with van der Waals surface area (Å²) in [4.78, 5) is 34.4. The van der Waals surface area contributed by atoms with Crippen molar-refractivity contribution in [2.24, 2.45) is 5.92 Å². The van der Waals surface area contributed by atoms with E-state index >= 15 is 0 Å². The molecule has 2 heterocycles. The number of urea groups is 1. The number of aromatic nitrogens is 2. The first-order valence-electron chi connectivity index (χ1n) is 8.04. The Morgan fingerprint density at radius 2 is 2.25 bits per heavy atom. The van der Waals surface area contributed by atoms with Gasteiger partial charge in [-0.05, 0) is 37.7 Å². The Bertz CT molecular complexity index is 775.